The lowest BCUT2D eigenvalue weighted by Crippen LogP contribution is -2.44. The molecule has 1 aromatic carbocycles. The average molecular weight is 283 g/mol. The van der Waals surface area contributed by atoms with Gasteiger partial charge < -0.3 is 9.64 Å². The van der Waals surface area contributed by atoms with Crippen LogP contribution in [0.1, 0.15) is 25.3 Å². The van der Waals surface area contributed by atoms with Gasteiger partial charge in [-0.05, 0) is 26.0 Å². The second-order valence-electron chi connectivity index (χ2n) is 5.24. The molecule has 0 radical (unpaired) electrons. The molecule has 5 nitrogen and oxygen atoms in total. The van der Waals surface area contributed by atoms with E-state index < -0.39 is 0 Å². The van der Waals surface area contributed by atoms with E-state index in [4.69, 9.17) is 4.74 Å². The summed E-state index contributed by atoms with van der Waals surface area (Å²) in [4.78, 5) is 22.6. The van der Waals surface area contributed by atoms with Crippen LogP contribution >= 0.6 is 0 Å². The Balaban J connectivity index is 1.91. The SMILES string of the molecule is CC1CN(C(=O)C(C)c2cncnc2)c2ccccc2O1. The normalized spacial score (nSPS) is 18.6. The second kappa shape index (κ2) is 5.52. The van der Waals surface area contributed by atoms with Crippen molar-refractivity contribution in [2.45, 2.75) is 25.9 Å². The topological polar surface area (TPSA) is 55.3 Å². The average Bonchev–Trinajstić information content (AvgIpc) is 2.53. The fourth-order valence-corrected chi connectivity index (χ4v) is 2.51. The van der Waals surface area contributed by atoms with Crippen LogP contribution in [0.25, 0.3) is 0 Å². The third kappa shape index (κ3) is 2.59. The molecule has 21 heavy (non-hydrogen) atoms. The molecule has 2 heterocycles. The molecule has 3 rings (SSSR count). The van der Waals surface area contributed by atoms with Gasteiger partial charge in [0, 0.05) is 18.0 Å². The summed E-state index contributed by atoms with van der Waals surface area (Å²) < 4.78 is 5.78. The van der Waals surface area contributed by atoms with Crippen molar-refractivity contribution in [2.75, 3.05) is 11.4 Å². The van der Waals surface area contributed by atoms with E-state index in [9.17, 15) is 4.79 Å². The van der Waals surface area contributed by atoms with Crippen LogP contribution in [0.4, 0.5) is 5.69 Å². The number of benzene rings is 1. The highest BCUT2D eigenvalue weighted by Gasteiger charge is 2.30. The van der Waals surface area contributed by atoms with Crippen molar-refractivity contribution < 1.29 is 9.53 Å². The molecule has 0 N–H and O–H groups in total. The van der Waals surface area contributed by atoms with E-state index in [1.165, 1.54) is 6.33 Å². The number of hydrogen-bond donors (Lipinski definition) is 0. The predicted molar refractivity (Wildman–Crippen MR) is 79.3 cm³/mol. The van der Waals surface area contributed by atoms with Crippen molar-refractivity contribution in [1.82, 2.24) is 9.97 Å². The number of anilines is 1. The summed E-state index contributed by atoms with van der Waals surface area (Å²) in [6.45, 7) is 4.39. The lowest BCUT2D eigenvalue weighted by atomic mass is 10.0. The van der Waals surface area contributed by atoms with Crippen LogP contribution in [0.15, 0.2) is 43.0 Å². The molecule has 1 aliphatic rings. The van der Waals surface area contributed by atoms with E-state index in [2.05, 4.69) is 9.97 Å². The van der Waals surface area contributed by atoms with Gasteiger partial charge in [0.05, 0.1) is 18.2 Å². The number of hydrogen-bond acceptors (Lipinski definition) is 4. The third-order valence-corrected chi connectivity index (χ3v) is 3.64. The van der Waals surface area contributed by atoms with Crippen molar-refractivity contribution in [3.05, 3.63) is 48.5 Å². The molecule has 2 unspecified atom stereocenters. The van der Waals surface area contributed by atoms with Gasteiger partial charge in [0.25, 0.3) is 0 Å². The van der Waals surface area contributed by atoms with Gasteiger partial charge in [-0.3, -0.25) is 4.79 Å². The molecular formula is C16H17N3O2. The molecule has 0 bridgehead atoms. The minimum atomic E-state index is -0.287. The Labute approximate surface area is 123 Å². The van der Waals surface area contributed by atoms with Gasteiger partial charge in [0.2, 0.25) is 5.91 Å². The van der Waals surface area contributed by atoms with Gasteiger partial charge in [-0.1, -0.05) is 12.1 Å². The van der Waals surface area contributed by atoms with E-state index >= 15 is 0 Å². The highest BCUT2D eigenvalue weighted by Crippen LogP contribution is 2.34. The first-order valence-electron chi connectivity index (χ1n) is 6.99. The predicted octanol–water partition coefficient (Wildman–Crippen LogP) is 2.39. The van der Waals surface area contributed by atoms with Crippen LogP contribution in [0.3, 0.4) is 0 Å². The summed E-state index contributed by atoms with van der Waals surface area (Å²) in [5.74, 6) is 0.498. The maximum absolute atomic E-state index is 12.8. The summed E-state index contributed by atoms with van der Waals surface area (Å²) in [6.07, 6.45) is 4.81. The molecule has 2 atom stereocenters. The van der Waals surface area contributed by atoms with E-state index in [0.29, 0.717) is 6.54 Å². The summed E-state index contributed by atoms with van der Waals surface area (Å²) in [5.41, 5.74) is 1.64. The summed E-state index contributed by atoms with van der Waals surface area (Å²) in [7, 11) is 0. The number of carbonyl (C=O) groups excluding carboxylic acids is 1. The van der Waals surface area contributed by atoms with E-state index in [0.717, 1.165) is 17.0 Å². The van der Waals surface area contributed by atoms with Crippen molar-refractivity contribution in [3.8, 4) is 5.75 Å². The second-order valence-corrected chi connectivity index (χ2v) is 5.24. The van der Waals surface area contributed by atoms with Crippen molar-refractivity contribution in [3.63, 3.8) is 0 Å². The first-order chi connectivity index (χ1) is 10.2. The third-order valence-electron chi connectivity index (χ3n) is 3.64. The number of fused-ring (bicyclic) bond motifs is 1. The Kier molecular flexibility index (Phi) is 3.56. The fraction of sp³-hybridized carbons (Fsp3) is 0.312. The maximum Gasteiger partial charge on any atom is 0.234 e. The zero-order valence-corrected chi connectivity index (χ0v) is 12.1. The number of aromatic nitrogens is 2. The Morgan fingerprint density at radius 3 is 2.81 bits per heavy atom. The minimum Gasteiger partial charge on any atom is -0.487 e. The Morgan fingerprint density at radius 1 is 1.33 bits per heavy atom. The molecule has 108 valence electrons. The quantitative estimate of drug-likeness (QED) is 0.849. The number of para-hydroxylation sites is 2. The summed E-state index contributed by atoms with van der Waals surface area (Å²) >= 11 is 0. The number of rotatable bonds is 2. The lowest BCUT2D eigenvalue weighted by Gasteiger charge is -2.34. The standard InChI is InChI=1S/C16H17N3O2/c1-11-9-19(14-5-3-4-6-15(14)21-11)16(20)12(2)13-7-17-10-18-8-13/h3-8,10-12H,9H2,1-2H3. The van der Waals surface area contributed by atoms with Gasteiger partial charge in [0.15, 0.2) is 0 Å². The van der Waals surface area contributed by atoms with Crippen LogP contribution < -0.4 is 9.64 Å². The smallest absolute Gasteiger partial charge is 0.234 e. The van der Waals surface area contributed by atoms with Crippen molar-refractivity contribution in [1.29, 1.82) is 0 Å². The highest BCUT2D eigenvalue weighted by molar-refractivity contribution is 5.99. The van der Waals surface area contributed by atoms with E-state index in [1.54, 1.807) is 17.3 Å². The molecule has 0 spiro atoms. The van der Waals surface area contributed by atoms with E-state index in [-0.39, 0.29) is 17.9 Å². The van der Waals surface area contributed by atoms with Crippen molar-refractivity contribution in [2.24, 2.45) is 0 Å². The molecule has 0 aliphatic carbocycles. The summed E-state index contributed by atoms with van der Waals surface area (Å²) in [5, 5.41) is 0. The van der Waals surface area contributed by atoms with Crippen molar-refractivity contribution >= 4 is 11.6 Å². The number of ether oxygens (including phenoxy) is 1. The minimum absolute atomic E-state index is 0.0249. The molecule has 1 aliphatic heterocycles. The molecular weight excluding hydrogens is 266 g/mol. The van der Waals surface area contributed by atoms with E-state index in [1.807, 2.05) is 38.1 Å². The van der Waals surface area contributed by atoms with Gasteiger partial charge in [-0.25, -0.2) is 9.97 Å². The molecule has 0 fully saturated rings. The Morgan fingerprint density at radius 2 is 2.05 bits per heavy atom. The van der Waals surface area contributed by atoms with Crippen LogP contribution in [0.5, 0.6) is 5.75 Å². The van der Waals surface area contributed by atoms with Crippen LogP contribution in [0.2, 0.25) is 0 Å². The molecule has 5 heteroatoms. The van der Waals surface area contributed by atoms with Gasteiger partial charge in [0.1, 0.15) is 18.2 Å². The number of carbonyl (C=O) groups is 1. The molecule has 0 saturated carbocycles. The monoisotopic (exact) mass is 283 g/mol. The van der Waals surface area contributed by atoms with Gasteiger partial charge in [-0.2, -0.15) is 0 Å². The Hall–Kier alpha value is -2.43. The molecule has 2 aromatic rings. The largest absolute Gasteiger partial charge is 0.487 e. The number of nitrogens with zero attached hydrogens (tertiary/aromatic N) is 3. The van der Waals surface area contributed by atoms with Gasteiger partial charge in [-0.15, -0.1) is 0 Å². The zero-order chi connectivity index (χ0) is 14.8. The van der Waals surface area contributed by atoms with Crippen LogP contribution in [-0.4, -0.2) is 28.5 Å². The number of amides is 1. The maximum atomic E-state index is 12.8. The molecule has 0 saturated heterocycles. The first kappa shape index (κ1) is 13.5. The van der Waals surface area contributed by atoms with Crippen LogP contribution in [-0.2, 0) is 4.79 Å². The molecule has 1 aromatic heterocycles. The molecule has 1 amide bonds. The Bertz CT molecular complexity index is 645. The first-order valence-corrected chi connectivity index (χ1v) is 6.99. The zero-order valence-electron chi connectivity index (χ0n) is 12.1. The van der Waals surface area contributed by atoms with Gasteiger partial charge >= 0.3 is 0 Å². The lowest BCUT2D eigenvalue weighted by molar-refractivity contribution is -0.120. The summed E-state index contributed by atoms with van der Waals surface area (Å²) in [6, 6.07) is 7.62. The van der Waals surface area contributed by atoms with Crippen LogP contribution in [0, 0.1) is 0 Å². The fourth-order valence-electron chi connectivity index (χ4n) is 2.51. The highest BCUT2D eigenvalue weighted by atomic mass is 16.5.